The lowest BCUT2D eigenvalue weighted by atomic mass is 10.0. The van der Waals surface area contributed by atoms with Crippen molar-refractivity contribution in [3.8, 4) is 11.3 Å². The molecule has 0 unspecified atom stereocenters. The van der Waals surface area contributed by atoms with Crippen molar-refractivity contribution in [3.63, 3.8) is 0 Å². The molecular formula is C21H15IN2OS. The van der Waals surface area contributed by atoms with Gasteiger partial charge in [0, 0.05) is 14.5 Å². The summed E-state index contributed by atoms with van der Waals surface area (Å²) in [6.07, 6.45) is 0.333. The summed E-state index contributed by atoms with van der Waals surface area (Å²) in [7, 11) is 0. The number of halogens is 1. The topological polar surface area (TPSA) is 42.0 Å². The number of nitrogens with zero attached hydrogens (tertiary/aromatic N) is 1. The zero-order chi connectivity index (χ0) is 17.9. The summed E-state index contributed by atoms with van der Waals surface area (Å²) in [6.45, 7) is 0. The van der Waals surface area contributed by atoms with Crippen molar-refractivity contribution < 1.29 is 4.79 Å². The fourth-order valence-corrected chi connectivity index (χ4v) is 3.96. The summed E-state index contributed by atoms with van der Waals surface area (Å²) in [4.78, 5) is 17.0. The third-order valence-corrected chi connectivity index (χ3v) is 5.60. The Hall–Kier alpha value is -2.25. The Labute approximate surface area is 169 Å². The highest BCUT2D eigenvalue weighted by Crippen LogP contribution is 2.26. The Morgan fingerprint density at radius 3 is 2.62 bits per heavy atom. The van der Waals surface area contributed by atoms with E-state index in [2.05, 4.69) is 51.1 Å². The normalized spacial score (nSPS) is 10.8. The molecule has 0 radical (unpaired) electrons. The van der Waals surface area contributed by atoms with E-state index in [1.54, 1.807) is 0 Å². The molecule has 0 spiro atoms. The fraction of sp³-hybridized carbons (Fsp3) is 0.0476. The smallest absolute Gasteiger partial charge is 0.230 e. The van der Waals surface area contributed by atoms with E-state index in [4.69, 9.17) is 0 Å². The molecule has 4 aromatic rings. The van der Waals surface area contributed by atoms with Crippen LogP contribution in [0.4, 0.5) is 5.13 Å². The van der Waals surface area contributed by atoms with Gasteiger partial charge in [-0.1, -0.05) is 54.6 Å². The number of fused-ring (bicyclic) bond motifs is 1. The van der Waals surface area contributed by atoms with Gasteiger partial charge in [-0.2, -0.15) is 0 Å². The minimum atomic E-state index is -0.0511. The molecule has 3 nitrogen and oxygen atoms in total. The van der Waals surface area contributed by atoms with Crippen LogP contribution >= 0.6 is 33.9 Å². The third kappa shape index (κ3) is 3.78. The van der Waals surface area contributed by atoms with Gasteiger partial charge in [0.15, 0.2) is 5.13 Å². The molecule has 1 amide bonds. The van der Waals surface area contributed by atoms with Crippen LogP contribution in [0.25, 0.3) is 22.0 Å². The molecule has 0 aliphatic heterocycles. The molecule has 1 N–H and O–H groups in total. The molecule has 1 aromatic heterocycles. The van der Waals surface area contributed by atoms with E-state index in [0.717, 1.165) is 27.6 Å². The molecule has 5 heteroatoms. The number of hydrogen-bond acceptors (Lipinski definition) is 3. The first kappa shape index (κ1) is 17.2. The minimum absolute atomic E-state index is 0.0511. The van der Waals surface area contributed by atoms with Crippen LogP contribution in [-0.4, -0.2) is 10.9 Å². The van der Waals surface area contributed by atoms with Crippen LogP contribution in [-0.2, 0) is 11.2 Å². The van der Waals surface area contributed by atoms with Crippen molar-refractivity contribution in [2.75, 3.05) is 5.32 Å². The summed E-state index contributed by atoms with van der Waals surface area (Å²) >= 11 is 3.72. The number of carbonyl (C=O) groups is 1. The highest BCUT2D eigenvalue weighted by molar-refractivity contribution is 14.1. The van der Waals surface area contributed by atoms with Crippen LogP contribution in [0.3, 0.4) is 0 Å². The number of thiazole rings is 1. The first-order chi connectivity index (χ1) is 12.7. The molecule has 0 fully saturated rings. The number of hydrogen-bond donors (Lipinski definition) is 1. The second-order valence-corrected chi connectivity index (χ2v) is 8.01. The van der Waals surface area contributed by atoms with Crippen LogP contribution in [0.1, 0.15) is 5.56 Å². The molecular weight excluding hydrogens is 455 g/mol. The maximum Gasteiger partial charge on any atom is 0.230 e. The van der Waals surface area contributed by atoms with Crippen molar-refractivity contribution in [1.82, 2.24) is 4.98 Å². The van der Waals surface area contributed by atoms with Gasteiger partial charge in [0.2, 0.25) is 5.91 Å². The Morgan fingerprint density at radius 2 is 1.77 bits per heavy atom. The van der Waals surface area contributed by atoms with Gasteiger partial charge < -0.3 is 5.32 Å². The molecule has 0 bridgehead atoms. The number of aromatic nitrogens is 1. The molecule has 0 aliphatic rings. The second kappa shape index (κ2) is 7.55. The molecule has 1 heterocycles. The monoisotopic (exact) mass is 470 g/mol. The van der Waals surface area contributed by atoms with Crippen molar-refractivity contribution in [2.45, 2.75) is 6.42 Å². The molecule has 3 aromatic carbocycles. The van der Waals surface area contributed by atoms with Gasteiger partial charge in [-0.3, -0.25) is 4.79 Å². The number of rotatable bonds is 4. The molecule has 0 aliphatic carbocycles. The van der Waals surface area contributed by atoms with Gasteiger partial charge in [0.25, 0.3) is 0 Å². The van der Waals surface area contributed by atoms with E-state index >= 15 is 0 Å². The van der Waals surface area contributed by atoms with Crippen LogP contribution in [0.15, 0.2) is 72.1 Å². The molecule has 4 rings (SSSR count). The third-order valence-electron chi connectivity index (χ3n) is 4.12. The van der Waals surface area contributed by atoms with Gasteiger partial charge in [0.05, 0.1) is 12.1 Å². The predicted octanol–water partition coefficient (Wildman–Crippen LogP) is 5.75. The van der Waals surface area contributed by atoms with E-state index in [0.29, 0.717) is 11.6 Å². The zero-order valence-electron chi connectivity index (χ0n) is 13.8. The number of anilines is 1. The van der Waals surface area contributed by atoms with E-state index in [-0.39, 0.29) is 5.91 Å². The SMILES string of the molecule is O=C(Cc1cccc2ccccc12)Nc1nc(-c2ccc(I)cc2)cs1. The van der Waals surface area contributed by atoms with Crippen LogP contribution < -0.4 is 5.32 Å². The number of nitrogens with one attached hydrogen (secondary N) is 1. The summed E-state index contributed by atoms with van der Waals surface area (Å²) < 4.78 is 1.19. The van der Waals surface area contributed by atoms with E-state index in [1.807, 2.05) is 53.9 Å². The van der Waals surface area contributed by atoms with Crippen molar-refractivity contribution in [2.24, 2.45) is 0 Å². The van der Waals surface area contributed by atoms with Crippen molar-refractivity contribution >= 4 is 55.7 Å². The molecule has 26 heavy (non-hydrogen) atoms. The van der Waals surface area contributed by atoms with E-state index in [9.17, 15) is 4.79 Å². The van der Waals surface area contributed by atoms with Crippen molar-refractivity contribution in [3.05, 3.63) is 81.2 Å². The molecule has 128 valence electrons. The van der Waals surface area contributed by atoms with Gasteiger partial charge in [-0.25, -0.2) is 4.98 Å². The quantitative estimate of drug-likeness (QED) is 0.386. The van der Waals surface area contributed by atoms with Crippen LogP contribution in [0.2, 0.25) is 0 Å². The Balaban J connectivity index is 1.49. The fourth-order valence-electron chi connectivity index (χ4n) is 2.87. The Bertz CT molecular complexity index is 1070. The average molecular weight is 470 g/mol. The first-order valence-electron chi connectivity index (χ1n) is 8.17. The summed E-state index contributed by atoms with van der Waals surface area (Å²) in [5, 5.41) is 7.78. The number of benzene rings is 3. The molecule has 0 saturated heterocycles. The highest BCUT2D eigenvalue weighted by Gasteiger charge is 2.10. The highest BCUT2D eigenvalue weighted by atomic mass is 127. The lowest BCUT2D eigenvalue weighted by Crippen LogP contribution is -2.14. The van der Waals surface area contributed by atoms with Gasteiger partial charge in [-0.05, 0) is 51.1 Å². The van der Waals surface area contributed by atoms with Crippen molar-refractivity contribution in [1.29, 1.82) is 0 Å². The van der Waals surface area contributed by atoms with Crippen LogP contribution in [0.5, 0.6) is 0 Å². The van der Waals surface area contributed by atoms with Crippen LogP contribution in [0, 0.1) is 3.57 Å². The van der Waals surface area contributed by atoms with E-state index < -0.39 is 0 Å². The minimum Gasteiger partial charge on any atom is -0.302 e. The van der Waals surface area contributed by atoms with Gasteiger partial charge in [-0.15, -0.1) is 11.3 Å². The van der Waals surface area contributed by atoms with Gasteiger partial charge >= 0.3 is 0 Å². The number of carbonyl (C=O) groups excluding carboxylic acids is 1. The first-order valence-corrected chi connectivity index (χ1v) is 10.1. The maximum atomic E-state index is 12.5. The molecule has 0 saturated carbocycles. The average Bonchev–Trinajstić information content (AvgIpc) is 3.11. The Morgan fingerprint density at radius 1 is 1.00 bits per heavy atom. The zero-order valence-corrected chi connectivity index (χ0v) is 16.8. The molecule has 0 atom stereocenters. The second-order valence-electron chi connectivity index (χ2n) is 5.91. The largest absolute Gasteiger partial charge is 0.302 e. The summed E-state index contributed by atoms with van der Waals surface area (Å²) in [5.41, 5.74) is 2.96. The maximum absolute atomic E-state index is 12.5. The standard InChI is InChI=1S/C21H15IN2OS/c22-17-10-8-15(9-11-17)19-13-26-21(23-19)24-20(25)12-16-6-3-5-14-4-1-2-7-18(14)16/h1-11,13H,12H2,(H,23,24,25). The lowest BCUT2D eigenvalue weighted by Gasteiger charge is -2.06. The summed E-state index contributed by atoms with van der Waals surface area (Å²) in [6, 6.07) is 22.3. The summed E-state index contributed by atoms with van der Waals surface area (Å²) in [5.74, 6) is -0.0511. The Kier molecular flexibility index (Phi) is 4.99. The van der Waals surface area contributed by atoms with Gasteiger partial charge in [0.1, 0.15) is 0 Å². The predicted molar refractivity (Wildman–Crippen MR) is 117 cm³/mol. The van der Waals surface area contributed by atoms with E-state index in [1.165, 1.54) is 14.9 Å². The number of amides is 1. The lowest BCUT2D eigenvalue weighted by molar-refractivity contribution is -0.115.